The van der Waals surface area contributed by atoms with Crippen molar-refractivity contribution in [1.29, 1.82) is 0 Å². The maximum atomic E-state index is 13.2. The molecular formula is C25H31NO4S. The Bertz CT molecular complexity index is 1010. The van der Waals surface area contributed by atoms with E-state index in [-0.39, 0.29) is 29.5 Å². The van der Waals surface area contributed by atoms with Gasteiger partial charge in [0.25, 0.3) is 5.91 Å². The summed E-state index contributed by atoms with van der Waals surface area (Å²) in [6.45, 7) is 4.64. The largest absolute Gasteiger partial charge is 0.508 e. The van der Waals surface area contributed by atoms with Gasteiger partial charge >= 0.3 is 5.97 Å². The molecule has 1 amide bonds. The number of hydrogen-bond acceptors (Lipinski definition) is 4. The molecule has 5 rings (SSSR count). The molecule has 166 valence electrons. The van der Waals surface area contributed by atoms with Crippen LogP contribution >= 0.6 is 11.3 Å². The predicted molar refractivity (Wildman–Crippen MR) is 123 cm³/mol. The SMILES string of the molecule is CC1(C)[C@@H]2C[C@@H](C/C=C\CCCC(=O)O)[C@@H](NC(=O)c3csc4ccc(O)cc34)[C@H]1C2. The van der Waals surface area contributed by atoms with Gasteiger partial charge in [-0.05, 0) is 73.5 Å². The first-order chi connectivity index (χ1) is 14.8. The average Bonchev–Trinajstić information content (AvgIpc) is 3.13. The number of benzene rings is 1. The van der Waals surface area contributed by atoms with E-state index in [9.17, 15) is 14.7 Å². The van der Waals surface area contributed by atoms with Crippen molar-refractivity contribution < 1.29 is 19.8 Å². The topological polar surface area (TPSA) is 86.6 Å². The van der Waals surface area contributed by atoms with E-state index in [4.69, 9.17) is 5.11 Å². The van der Waals surface area contributed by atoms with E-state index in [1.54, 1.807) is 12.1 Å². The van der Waals surface area contributed by atoms with E-state index in [1.807, 2.05) is 11.4 Å². The molecule has 31 heavy (non-hydrogen) atoms. The van der Waals surface area contributed by atoms with Crippen LogP contribution in [0.2, 0.25) is 0 Å². The lowest BCUT2D eigenvalue weighted by molar-refractivity contribution is -0.137. The molecule has 5 nitrogen and oxygen atoms in total. The number of carboxylic acid groups (broad SMARTS) is 1. The second-order valence-electron chi connectivity index (χ2n) is 9.68. The van der Waals surface area contributed by atoms with Crippen LogP contribution in [0.25, 0.3) is 10.1 Å². The number of rotatable bonds is 8. The van der Waals surface area contributed by atoms with Crippen LogP contribution in [-0.4, -0.2) is 28.1 Å². The first-order valence-electron chi connectivity index (χ1n) is 11.1. The summed E-state index contributed by atoms with van der Waals surface area (Å²) in [5.74, 6) is 0.939. The first kappa shape index (κ1) is 21.9. The predicted octanol–water partition coefficient (Wildman–Crippen LogP) is 5.59. The van der Waals surface area contributed by atoms with E-state index in [1.165, 1.54) is 17.8 Å². The van der Waals surface area contributed by atoms with Gasteiger partial charge in [0.05, 0.1) is 5.56 Å². The van der Waals surface area contributed by atoms with Crippen molar-refractivity contribution in [2.24, 2.45) is 23.2 Å². The number of aromatic hydroxyl groups is 1. The minimum atomic E-state index is -0.750. The van der Waals surface area contributed by atoms with Crippen LogP contribution in [0.15, 0.2) is 35.7 Å². The van der Waals surface area contributed by atoms with Gasteiger partial charge in [0.15, 0.2) is 0 Å². The number of phenolic OH excluding ortho intramolecular Hbond substituents is 1. The lowest BCUT2D eigenvalue weighted by atomic mass is 9.44. The van der Waals surface area contributed by atoms with Crippen molar-refractivity contribution in [3.63, 3.8) is 0 Å². The zero-order valence-electron chi connectivity index (χ0n) is 18.1. The number of phenols is 1. The number of aliphatic carboxylic acids is 1. The first-order valence-corrected chi connectivity index (χ1v) is 12.0. The molecule has 6 heteroatoms. The molecule has 0 spiro atoms. The van der Waals surface area contributed by atoms with E-state index in [0.29, 0.717) is 29.7 Å². The molecule has 3 aliphatic carbocycles. The van der Waals surface area contributed by atoms with Crippen LogP contribution in [0, 0.1) is 23.2 Å². The van der Waals surface area contributed by atoms with Crippen LogP contribution in [0.3, 0.4) is 0 Å². The zero-order valence-corrected chi connectivity index (χ0v) is 19.0. The van der Waals surface area contributed by atoms with E-state index in [0.717, 1.165) is 29.3 Å². The van der Waals surface area contributed by atoms with Gasteiger partial charge in [-0.15, -0.1) is 11.3 Å². The van der Waals surface area contributed by atoms with Gasteiger partial charge in [-0.2, -0.15) is 0 Å². The summed E-state index contributed by atoms with van der Waals surface area (Å²) in [5.41, 5.74) is 0.882. The number of allylic oxidation sites excluding steroid dienone is 2. The van der Waals surface area contributed by atoms with Gasteiger partial charge < -0.3 is 15.5 Å². The molecule has 0 aliphatic heterocycles. The number of amides is 1. The number of unbranched alkanes of at least 4 members (excludes halogenated alkanes) is 1. The Morgan fingerprint density at radius 3 is 2.81 bits per heavy atom. The van der Waals surface area contributed by atoms with Crippen molar-refractivity contribution in [1.82, 2.24) is 5.32 Å². The normalized spacial score (nSPS) is 26.6. The Morgan fingerprint density at radius 2 is 2.06 bits per heavy atom. The van der Waals surface area contributed by atoms with Crippen molar-refractivity contribution in [3.8, 4) is 5.75 Å². The highest BCUT2D eigenvalue weighted by Crippen LogP contribution is 2.61. The molecule has 3 N–H and O–H groups in total. The third kappa shape index (κ3) is 4.36. The smallest absolute Gasteiger partial charge is 0.303 e. The highest BCUT2D eigenvalue weighted by Gasteiger charge is 2.57. The Balaban J connectivity index is 1.46. The fourth-order valence-electron chi connectivity index (χ4n) is 5.55. The lowest BCUT2D eigenvalue weighted by Crippen LogP contribution is -2.63. The van der Waals surface area contributed by atoms with Gasteiger partial charge in [0.1, 0.15) is 5.75 Å². The third-order valence-corrected chi connectivity index (χ3v) is 8.50. The summed E-state index contributed by atoms with van der Waals surface area (Å²) in [7, 11) is 0. The minimum Gasteiger partial charge on any atom is -0.508 e. The quantitative estimate of drug-likeness (QED) is 0.368. The van der Waals surface area contributed by atoms with Crippen molar-refractivity contribution >= 4 is 33.3 Å². The molecule has 3 fully saturated rings. The van der Waals surface area contributed by atoms with Gasteiger partial charge in [-0.1, -0.05) is 26.0 Å². The van der Waals surface area contributed by atoms with Crippen LogP contribution in [0.5, 0.6) is 5.75 Å². The summed E-state index contributed by atoms with van der Waals surface area (Å²) in [4.78, 5) is 23.9. The zero-order chi connectivity index (χ0) is 22.2. The molecule has 2 aromatic rings. The molecular weight excluding hydrogens is 410 g/mol. The molecule has 4 atom stereocenters. The van der Waals surface area contributed by atoms with Crippen LogP contribution in [0.1, 0.15) is 62.7 Å². The van der Waals surface area contributed by atoms with Crippen LogP contribution < -0.4 is 5.32 Å². The molecule has 0 saturated heterocycles. The van der Waals surface area contributed by atoms with Gasteiger partial charge in [0.2, 0.25) is 0 Å². The number of fused-ring (bicyclic) bond motifs is 3. The number of carboxylic acids is 1. The highest BCUT2D eigenvalue weighted by atomic mass is 32.1. The fraction of sp³-hybridized carbons (Fsp3) is 0.520. The molecule has 1 aromatic carbocycles. The summed E-state index contributed by atoms with van der Waals surface area (Å²) in [6, 6.07) is 5.30. The second-order valence-corrected chi connectivity index (χ2v) is 10.6. The Morgan fingerprint density at radius 1 is 1.26 bits per heavy atom. The van der Waals surface area contributed by atoms with Crippen LogP contribution in [0.4, 0.5) is 0 Å². The lowest BCUT2D eigenvalue weighted by Gasteiger charge is -2.62. The second kappa shape index (κ2) is 8.65. The monoisotopic (exact) mass is 441 g/mol. The molecule has 1 aromatic heterocycles. The van der Waals surface area contributed by atoms with E-state index in [2.05, 4.69) is 31.3 Å². The van der Waals surface area contributed by atoms with Crippen molar-refractivity contribution in [2.45, 2.75) is 58.4 Å². The summed E-state index contributed by atoms with van der Waals surface area (Å²) in [5, 5.41) is 24.7. The van der Waals surface area contributed by atoms with Gasteiger partial charge in [0, 0.05) is 27.9 Å². The fourth-order valence-corrected chi connectivity index (χ4v) is 6.47. The molecule has 1 heterocycles. The Kier molecular flexibility index (Phi) is 6.11. The molecule has 3 aliphatic rings. The Labute approximate surface area is 187 Å². The number of thiophene rings is 1. The number of nitrogens with one attached hydrogen (secondary N) is 1. The standard InChI is InChI=1S/C25H31NO4S/c1-25(2)16-11-15(7-5-3-4-6-8-22(28)29)23(20(25)12-16)26-24(30)19-14-31-21-10-9-17(27)13-18(19)21/h3,5,9-10,13-16,20,23,27H,4,6-8,11-12H2,1-2H3,(H,26,30)(H,28,29)/b5-3-/t15-,16-,20-,23-/m1/s1. The maximum Gasteiger partial charge on any atom is 0.303 e. The maximum absolute atomic E-state index is 13.2. The molecule has 3 saturated carbocycles. The summed E-state index contributed by atoms with van der Waals surface area (Å²) >= 11 is 1.52. The van der Waals surface area contributed by atoms with Crippen molar-refractivity contribution in [3.05, 3.63) is 41.3 Å². The number of hydrogen-bond donors (Lipinski definition) is 3. The van der Waals surface area contributed by atoms with E-state index < -0.39 is 5.97 Å². The average molecular weight is 442 g/mol. The Hall–Kier alpha value is -2.34. The van der Waals surface area contributed by atoms with Crippen LogP contribution in [-0.2, 0) is 4.79 Å². The number of carbonyl (C=O) groups is 2. The van der Waals surface area contributed by atoms with Gasteiger partial charge in [-0.3, -0.25) is 9.59 Å². The summed E-state index contributed by atoms with van der Waals surface area (Å²) in [6.07, 6.45) is 9.08. The number of carbonyl (C=O) groups excluding carboxylic acids is 1. The van der Waals surface area contributed by atoms with E-state index >= 15 is 0 Å². The third-order valence-electron chi connectivity index (χ3n) is 7.54. The highest BCUT2D eigenvalue weighted by molar-refractivity contribution is 7.17. The molecule has 0 unspecified atom stereocenters. The molecule has 2 bridgehead atoms. The minimum absolute atomic E-state index is 0.0570. The van der Waals surface area contributed by atoms with Gasteiger partial charge in [-0.25, -0.2) is 0 Å². The molecule has 0 radical (unpaired) electrons. The van der Waals surface area contributed by atoms with Crippen molar-refractivity contribution in [2.75, 3.05) is 0 Å². The summed E-state index contributed by atoms with van der Waals surface area (Å²) < 4.78 is 0.997.